The first-order chi connectivity index (χ1) is 9.74. The molecule has 20 heavy (non-hydrogen) atoms. The number of hydrogen-bond acceptors (Lipinski definition) is 4. The van der Waals surface area contributed by atoms with E-state index >= 15 is 0 Å². The molecule has 0 aliphatic heterocycles. The Kier molecular flexibility index (Phi) is 3.82. The van der Waals surface area contributed by atoms with Crippen LogP contribution in [-0.4, -0.2) is 11.1 Å². The van der Waals surface area contributed by atoms with Crippen LogP contribution in [0, 0.1) is 0 Å². The fourth-order valence-electron chi connectivity index (χ4n) is 1.83. The van der Waals surface area contributed by atoms with Crippen molar-refractivity contribution >= 4 is 46.1 Å². The van der Waals surface area contributed by atoms with Crippen molar-refractivity contribution < 1.29 is 9.90 Å². The molecule has 2 nitrogen and oxygen atoms in total. The molecule has 3 heterocycles. The molecule has 100 valence electrons. The predicted molar refractivity (Wildman–Crippen MR) is 87.6 cm³/mol. The van der Waals surface area contributed by atoms with Gasteiger partial charge in [0.05, 0.1) is 4.88 Å². The zero-order valence-corrected chi connectivity index (χ0v) is 12.7. The number of carboxylic acids is 1. The van der Waals surface area contributed by atoms with Crippen molar-refractivity contribution in [1.82, 2.24) is 0 Å². The van der Waals surface area contributed by atoms with Gasteiger partial charge in [0.2, 0.25) is 0 Å². The van der Waals surface area contributed by atoms with Gasteiger partial charge in [0.1, 0.15) is 0 Å². The van der Waals surface area contributed by atoms with Crippen LogP contribution < -0.4 is 0 Å². The van der Waals surface area contributed by atoms with Crippen LogP contribution in [0.25, 0.3) is 25.6 Å². The molecule has 0 unspecified atom stereocenters. The molecular formula is C15H10O2S3. The van der Waals surface area contributed by atoms with Gasteiger partial charge in [-0.15, -0.1) is 34.0 Å². The molecule has 3 rings (SSSR count). The lowest BCUT2D eigenvalue weighted by atomic mass is 10.2. The highest BCUT2D eigenvalue weighted by molar-refractivity contribution is 7.26. The summed E-state index contributed by atoms with van der Waals surface area (Å²) in [6.07, 6.45) is 2.86. The van der Waals surface area contributed by atoms with Crippen LogP contribution >= 0.6 is 34.0 Å². The van der Waals surface area contributed by atoms with Crippen molar-refractivity contribution in [1.29, 1.82) is 0 Å². The van der Waals surface area contributed by atoms with Gasteiger partial charge in [-0.05, 0) is 40.6 Å². The first-order valence-corrected chi connectivity index (χ1v) is 8.44. The van der Waals surface area contributed by atoms with E-state index in [0.29, 0.717) is 0 Å². The minimum atomic E-state index is -0.925. The summed E-state index contributed by atoms with van der Waals surface area (Å²) in [7, 11) is 0. The molecule has 0 radical (unpaired) electrons. The summed E-state index contributed by atoms with van der Waals surface area (Å²) in [4.78, 5) is 15.4. The highest BCUT2D eigenvalue weighted by Crippen LogP contribution is 2.41. The zero-order chi connectivity index (χ0) is 13.9. The van der Waals surface area contributed by atoms with E-state index in [-0.39, 0.29) is 0 Å². The van der Waals surface area contributed by atoms with Crippen molar-refractivity contribution in [2.45, 2.75) is 0 Å². The quantitative estimate of drug-likeness (QED) is 0.662. The second-order valence-corrected chi connectivity index (χ2v) is 6.97. The lowest BCUT2D eigenvalue weighted by Crippen LogP contribution is -1.85. The van der Waals surface area contributed by atoms with Gasteiger partial charge in [0.15, 0.2) is 0 Å². The van der Waals surface area contributed by atoms with E-state index in [2.05, 4.69) is 18.2 Å². The van der Waals surface area contributed by atoms with E-state index in [1.165, 1.54) is 20.7 Å². The van der Waals surface area contributed by atoms with E-state index in [4.69, 9.17) is 5.11 Å². The van der Waals surface area contributed by atoms with Gasteiger partial charge >= 0.3 is 5.97 Å². The van der Waals surface area contributed by atoms with Crippen LogP contribution in [-0.2, 0) is 4.79 Å². The van der Waals surface area contributed by atoms with Gasteiger partial charge < -0.3 is 5.11 Å². The smallest absolute Gasteiger partial charge is 0.328 e. The summed E-state index contributed by atoms with van der Waals surface area (Å²) in [5.41, 5.74) is 0.961. The lowest BCUT2D eigenvalue weighted by Gasteiger charge is -1.94. The number of carboxylic acid groups (broad SMARTS) is 1. The first kappa shape index (κ1) is 13.3. The third-order valence-corrected chi connectivity index (χ3v) is 5.94. The summed E-state index contributed by atoms with van der Waals surface area (Å²) in [6.45, 7) is 0. The standard InChI is InChI=1S/C15H10O2S3/c16-14(17)6-5-10-9-13(11-3-1-7-18-11)20-15(10)12-4-2-8-19-12/h1-9H,(H,16,17)/b6-5+. The Balaban J connectivity index is 2.09. The maximum absolute atomic E-state index is 10.7. The highest BCUT2D eigenvalue weighted by Gasteiger charge is 2.12. The molecular weight excluding hydrogens is 308 g/mol. The van der Waals surface area contributed by atoms with Gasteiger partial charge in [-0.3, -0.25) is 0 Å². The van der Waals surface area contributed by atoms with E-state index in [0.717, 1.165) is 10.4 Å². The Morgan fingerprint density at radius 1 is 1.05 bits per heavy atom. The minimum absolute atomic E-state index is 0.925. The van der Waals surface area contributed by atoms with Crippen LogP contribution in [0.1, 0.15) is 5.56 Å². The predicted octanol–water partition coefficient (Wildman–Crippen LogP) is 5.30. The average Bonchev–Trinajstić information content (AvgIpc) is 3.15. The molecule has 5 heteroatoms. The number of hydrogen-bond donors (Lipinski definition) is 1. The summed E-state index contributed by atoms with van der Waals surface area (Å²) >= 11 is 5.06. The van der Waals surface area contributed by atoms with Gasteiger partial charge in [-0.1, -0.05) is 12.1 Å². The monoisotopic (exact) mass is 318 g/mol. The number of rotatable bonds is 4. The highest BCUT2D eigenvalue weighted by atomic mass is 32.1. The molecule has 1 N–H and O–H groups in total. The van der Waals surface area contributed by atoms with Gasteiger partial charge in [0.25, 0.3) is 0 Å². The molecule has 0 spiro atoms. The number of thiophene rings is 3. The van der Waals surface area contributed by atoms with E-state index in [1.807, 2.05) is 22.9 Å². The third kappa shape index (κ3) is 2.75. The van der Waals surface area contributed by atoms with Gasteiger partial charge in [0, 0.05) is 20.7 Å². The molecule has 3 aromatic rings. The van der Waals surface area contributed by atoms with Crippen molar-refractivity contribution in [2.75, 3.05) is 0 Å². The van der Waals surface area contributed by atoms with Crippen molar-refractivity contribution in [2.24, 2.45) is 0 Å². The summed E-state index contributed by atoms with van der Waals surface area (Å²) in [5.74, 6) is -0.925. The normalized spacial score (nSPS) is 11.2. The Labute approximate surface area is 128 Å². The SMILES string of the molecule is O=C(O)/C=C/c1cc(-c2cccs2)sc1-c1cccs1. The maximum atomic E-state index is 10.7. The van der Waals surface area contributed by atoms with Crippen LogP contribution in [0.5, 0.6) is 0 Å². The zero-order valence-electron chi connectivity index (χ0n) is 10.3. The Bertz CT molecular complexity index is 734. The molecule has 0 saturated carbocycles. The number of aliphatic carboxylic acids is 1. The maximum Gasteiger partial charge on any atom is 0.328 e. The summed E-state index contributed by atoms with van der Waals surface area (Å²) in [6, 6.07) is 10.2. The average molecular weight is 318 g/mol. The fraction of sp³-hybridized carbons (Fsp3) is 0. The van der Waals surface area contributed by atoms with Crippen LogP contribution in [0.3, 0.4) is 0 Å². The Morgan fingerprint density at radius 3 is 2.35 bits per heavy atom. The molecule has 0 aliphatic rings. The number of carbonyl (C=O) groups is 1. The van der Waals surface area contributed by atoms with Crippen LogP contribution in [0.4, 0.5) is 0 Å². The topological polar surface area (TPSA) is 37.3 Å². The molecule has 0 bridgehead atoms. The Morgan fingerprint density at radius 2 is 1.75 bits per heavy atom. The fourth-order valence-corrected chi connectivity index (χ4v) is 4.68. The lowest BCUT2D eigenvalue weighted by molar-refractivity contribution is -0.131. The molecule has 0 saturated heterocycles. The van der Waals surface area contributed by atoms with Crippen LogP contribution in [0.2, 0.25) is 0 Å². The molecule has 0 fully saturated rings. The molecule has 3 aromatic heterocycles. The van der Waals surface area contributed by atoms with E-state index < -0.39 is 5.97 Å². The first-order valence-electron chi connectivity index (χ1n) is 5.86. The summed E-state index contributed by atoms with van der Waals surface area (Å²) < 4.78 is 0. The molecule has 0 aromatic carbocycles. The van der Waals surface area contributed by atoms with Gasteiger partial charge in [-0.2, -0.15) is 0 Å². The minimum Gasteiger partial charge on any atom is -0.478 e. The van der Waals surface area contributed by atoms with Gasteiger partial charge in [-0.25, -0.2) is 4.79 Å². The molecule has 0 aliphatic carbocycles. The second kappa shape index (κ2) is 5.75. The summed E-state index contributed by atoms with van der Waals surface area (Å²) in [5, 5.41) is 12.9. The van der Waals surface area contributed by atoms with Crippen molar-refractivity contribution in [3.05, 3.63) is 52.7 Å². The Hall–Kier alpha value is -1.69. The van der Waals surface area contributed by atoms with Crippen molar-refractivity contribution in [3.8, 4) is 19.5 Å². The van der Waals surface area contributed by atoms with Crippen molar-refractivity contribution in [3.63, 3.8) is 0 Å². The van der Waals surface area contributed by atoms with E-state index in [1.54, 1.807) is 40.1 Å². The second-order valence-electron chi connectivity index (χ2n) is 4.02. The van der Waals surface area contributed by atoms with Crippen LogP contribution in [0.15, 0.2) is 47.2 Å². The molecule has 0 amide bonds. The third-order valence-electron chi connectivity index (χ3n) is 2.68. The molecule has 0 atom stereocenters. The largest absolute Gasteiger partial charge is 0.478 e. The van der Waals surface area contributed by atoms with E-state index in [9.17, 15) is 4.79 Å².